The third-order valence-electron chi connectivity index (χ3n) is 5.34. The number of esters is 1. The number of allylic oxidation sites excluding steroid dienone is 3. The average Bonchev–Trinajstić information content (AvgIpc) is 2.68. The van der Waals surface area contributed by atoms with Crippen LogP contribution in [0.1, 0.15) is 34.1 Å². The van der Waals surface area contributed by atoms with E-state index in [-0.39, 0.29) is 17.3 Å². The zero-order valence-electron chi connectivity index (χ0n) is 12.2. The predicted molar refractivity (Wildman–Crippen MR) is 73.5 cm³/mol. The molecule has 4 nitrogen and oxygen atoms in total. The van der Waals surface area contributed by atoms with Crippen molar-refractivity contribution in [3.05, 3.63) is 34.1 Å². The van der Waals surface area contributed by atoms with Gasteiger partial charge >= 0.3 is 5.97 Å². The molecule has 20 heavy (non-hydrogen) atoms. The van der Waals surface area contributed by atoms with Crippen LogP contribution in [-0.4, -0.2) is 28.4 Å². The van der Waals surface area contributed by atoms with Gasteiger partial charge in [0.2, 0.25) is 0 Å². The quantitative estimate of drug-likeness (QED) is 0.663. The summed E-state index contributed by atoms with van der Waals surface area (Å²) in [7, 11) is 0. The summed E-state index contributed by atoms with van der Waals surface area (Å²) >= 11 is 0. The molecule has 0 spiro atoms. The smallest absolute Gasteiger partial charge is 0.339 e. The second-order valence-corrected chi connectivity index (χ2v) is 6.39. The highest BCUT2D eigenvalue weighted by Gasteiger charge is 2.50. The highest BCUT2D eigenvalue weighted by Crippen LogP contribution is 2.55. The van der Waals surface area contributed by atoms with Crippen LogP contribution < -0.4 is 0 Å². The van der Waals surface area contributed by atoms with Crippen molar-refractivity contribution < 1.29 is 19.7 Å². The molecule has 0 fully saturated rings. The number of aliphatic hydroxyl groups is 2. The van der Waals surface area contributed by atoms with E-state index in [1.54, 1.807) is 13.0 Å². The lowest BCUT2D eigenvalue weighted by Gasteiger charge is -2.48. The summed E-state index contributed by atoms with van der Waals surface area (Å²) < 4.78 is 5.36. The number of fused-ring (bicyclic) bond motifs is 2. The van der Waals surface area contributed by atoms with Crippen LogP contribution in [0.25, 0.3) is 0 Å². The van der Waals surface area contributed by atoms with Crippen molar-refractivity contribution in [2.45, 2.75) is 46.3 Å². The Balaban J connectivity index is 2.23. The van der Waals surface area contributed by atoms with Gasteiger partial charge in [-0.2, -0.15) is 0 Å². The normalized spacial score (nSPS) is 40.4. The number of rotatable bonds is 0. The Labute approximate surface area is 118 Å². The van der Waals surface area contributed by atoms with Crippen molar-refractivity contribution >= 4 is 5.97 Å². The van der Waals surface area contributed by atoms with Gasteiger partial charge in [0.15, 0.2) is 0 Å². The molecule has 1 aliphatic heterocycles. The lowest BCUT2D eigenvalue weighted by Crippen LogP contribution is -2.47. The maximum absolute atomic E-state index is 11.8. The first kappa shape index (κ1) is 13.6. The molecule has 1 heterocycles. The van der Waals surface area contributed by atoms with Crippen molar-refractivity contribution in [2.75, 3.05) is 0 Å². The highest BCUT2D eigenvalue weighted by atomic mass is 16.5. The number of carbonyl (C=O) groups excluding carboxylic acids is 1. The average molecular weight is 276 g/mol. The summed E-state index contributed by atoms with van der Waals surface area (Å²) in [6.07, 6.45) is 0.726. The fourth-order valence-electron chi connectivity index (χ4n) is 3.72. The molecule has 4 atom stereocenters. The summed E-state index contributed by atoms with van der Waals surface area (Å²) in [4.78, 5) is 11.8. The lowest BCUT2D eigenvalue weighted by atomic mass is 9.58. The predicted octanol–water partition coefficient (Wildman–Crippen LogP) is 1.84. The molecule has 0 aromatic carbocycles. The van der Waals surface area contributed by atoms with Gasteiger partial charge in [0.05, 0.1) is 12.2 Å². The second-order valence-electron chi connectivity index (χ2n) is 6.39. The fourth-order valence-corrected chi connectivity index (χ4v) is 3.72. The van der Waals surface area contributed by atoms with Crippen LogP contribution in [0.3, 0.4) is 0 Å². The maximum Gasteiger partial charge on any atom is 0.339 e. The zero-order valence-corrected chi connectivity index (χ0v) is 12.2. The van der Waals surface area contributed by atoms with Crippen molar-refractivity contribution in [3.63, 3.8) is 0 Å². The molecule has 0 saturated heterocycles. The summed E-state index contributed by atoms with van der Waals surface area (Å²) in [5.41, 5.74) is 3.22. The van der Waals surface area contributed by atoms with E-state index in [1.807, 2.05) is 13.8 Å². The molecule has 0 aromatic rings. The first-order chi connectivity index (χ1) is 9.27. The largest absolute Gasteiger partial charge is 0.423 e. The van der Waals surface area contributed by atoms with Crippen LogP contribution in [0.15, 0.2) is 34.1 Å². The van der Waals surface area contributed by atoms with Gasteiger partial charge in [-0.25, -0.2) is 4.79 Å². The summed E-state index contributed by atoms with van der Waals surface area (Å²) in [6.45, 7) is 7.74. The molecule has 3 aliphatic rings. The van der Waals surface area contributed by atoms with Gasteiger partial charge in [0, 0.05) is 16.6 Å². The number of hydrogen-bond acceptors (Lipinski definition) is 4. The molecular weight excluding hydrogens is 256 g/mol. The Morgan fingerprint density at radius 3 is 2.60 bits per heavy atom. The molecule has 0 aromatic heterocycles. The summed E-state index contributed by atoms with van der Waals surface area (Å²) in [5, 5.41) is 20.2. The van der Waals surface area contributed by atoms with Gasteiger partial charge in [-0.15, -0.1) is 0 Å². The minimum absolute atomic E-state index is 0.0926. The van der Waals surface area contributed by atoms with Gasteiger partial charge in [-0.05, 0) is 43.4 Å². The second kappa shape index (κ2) is 4.06. The molecule has 4 unspecified atom stereocenters. The van der Waals surface area contributed by atoms with Gasteiger partial charge in [0.1, 0.15) is 5.76 Å². The van der Waals surface area contributed by atoms with Crippen LogP contribution in [0, 0.1) is 11.3 Å². The molecule has 0 bridgehead atoms. The molecule has 4 heteroatoms. The number of carbonyl (C=O) groups is 1. The van der Waals surface area contributed by atoms with Crippen molar-refractivity contribution in [1.29, 1.82) is 0 Å². The molecule has 3 rings (SSSR count). The highest BCUT2D eigenvalue weighted by molar-refractivity contribution is 5.94. The van der Waals surface area contributed by atoms with Crippen LogP contribution in [0.2, 0.25) is 0 Å². The van der Waals surface area contributed by atoms with Gasteiger partial charge in [-0.3, -0.25) is 0 Å². The molecule has 108 valence electrons. The summed E-state index contributed by atoms with van der Waals surface area (Å²) in [5.74, 6) is 0.267. The van der Waals surface area contributed by atoms with Crippen molar-refractivity contribution in [1.82, 2.24) is 0 Å². The van der Waals surface area contributed by atoms with Crippen LogP contribution in [0.4, 0.5) is 0 Å². The third kappa shape index (κ3) is 1.52. The monoisotopic (exact) mass is 276 g/mol. The van der Waals surface area contributed by atoms with E-state index >= 15 is 0 Å². The van der Waals surface area contributed by atoms with Gasteiger partial charge < -0.3 is 14.9 Å². The van der Waals surface area contributed by atoms with E-state index < -0.39 is 12.2 Å². The van der Waals surface area contributed by atoms with Crippen LogP contribution in [-0.2, 0) is 9.53 Å². The van der Waals surface area contributed by atoms with Gasteiger partial charge in [-0.1, -0.05) is 13.8 Å². The molecule has 2 N–H and O–H groups in total. The molecule has 2 aliphatic carbocycles. The van der Waals surface area contributed by atoms with E-state index in [9.17, 15) is 15.0 Å². The van der Waals surface area contributed by atoms with E-state index in [2.05, 4.69) is 6.92 Å². The number of aliphatic hydroxyl groups excluding tert-OH is 2. The minimum atomic E-state index is -0.868. The van der Waals surface area contributed by atoms with E-state index in [4.69, 9.17) is 4.74 Å². The maximum atomic E-state index is 11.8. The Kier molecular flexibility index (Phi) is 2.76. The van der Waals surface area contributed by atoms with Crippen molar-refractivity contribution in [3.8, 4) is 0 Å². The van der Waals surface area contributed by atoms with E-state index in [1.165, 1.54) is 0 Å². The summed E-state index contributed by atoms with van der Waals surface area (Å²) in [6, 6.07) is 0. The van der Waals surface area contributed by atoms with Gasteiger partial charge in [0.25, 0.3) is 0 Å². The molecular formula is C16H20O4. The topological polar surface area (TPSA) is 66.8 Å². The van der Waals surface area contributed by atoms with Crippen LogP contribution >= 0.6 is 0 Å². The molecule has 0 saturated carbocycles. The first-order valence-corrected chi connectivity index (χ1v) is 6.99. The Morgan fingerprint density at radius 2 is 1.95 bits per heavy atom. The standard InChI is InChI=1S/C16H20O4/c1-7-10-6-16(4)9(3)13(18)12(17)5-11(16)8(2)14(10)20-15(7)19/h5,9,12-13,17-18H,6H2,1-4H3. The molecule has 0 amide bonds. The van der Waals surface area contributed by atoms with Crippen LogP contribution in [0.5, 0.6) is 0 Å². The Morgan fingerprint density at radius 1 is 1.30 bits per heavy atom. The first-order valence-electron chi connectivity index (χ1n) is 6.99. The van der Waals surface area contributed by atoms with E-state index in [0.717, 1.165) is 16.7 Å². The zero-order chi connectivity index (χ0) is 14.8. The molecule has 0 radical (unpaired) electrons. The lowest BCUT2D eigenvalue weighted by molar-refractivity contribution is -0.133. The fraction of sp³-hybridized carbons (Fsp3) is 0.562. The van der Waals surface area contributed by atoms with E-state index in [0.29, 0.717) is 17.8 Å². The third-order valence-corrected chi connectivity index (χ3v) is 5.34. The Bertz CT molecular complexity index is 596. The minimum Gasteiger partial charge on any atom is -0.423 e. The number of ether oxygens (including phenoxy) is 1. The Hall–Kier alpha value is -1.39. The SMILES string of the molecule is CC1=C2CC3(C)C(=CC(O)C(O)C3C)C(C)=C2OC1=O. The number of hydrogen-bond donors (Lipinski definition) is 2. The van der Waals surface area contributed by atoms with Crippen molar-refractivity contribution in [2.24, 2.45) is 11.3 Å².